The van der Waals surface area contributed by atoms with E-state index in [1.807, 2.05) is 0 Å². The van der Waals surface area contributed by atoms with Crippen LogP contribution in [0.1, 0.15) is 41.9 Å². The van der Waals surface area contributed by atoms with E-state index in [1.54, 1.807) is 44.4 Å². The van der Waals surface area contributed by atoms with Gasteiger partial charge in [0.1, 0.15) is 28.9 Å². The van der Waals surface area contributed by atoms with Gasteiger partial charge >= 0.3 is 5.97 Å². The third-order valence-corrected chi connectivity index (χ3v) is 5.52. The standard InChI is InChI=1S/C21H20N2O7S/c1-11-16(21(26)28-3)20(31-17(11)18(22)24)23-19(25)15-8-7-14(30-15)10-29-13-6-4-5-12(9-13)27-2/h4-9H,10H2,1-3H3,(H2,22,24)(H,23,25). The van der Waals surface area contributed by atoms with Crippen molar-refractivity contribution in [2.24, 2.45) is 5.73 Å². The maximum Gasteiger partial charge on any atom is 0.341 e. The lowest BCUT2D eigenvalue weighted by atomic mass is 10.1. The van der Waals surface area contributed by atoms with Crippen LogP contribution in [0, 0.1) is 6.92 Å². The van der Waals surface area contributed by atoms with E-state index < -0.39 is 17.8 Å². The number of hydrogen-bond donors (Lipinski definition) is 2. The first-order valence-corrected chi connectivity index (χ1v) is 9.84. The first-order valence-electron chi connectivity index (χ1n) is 9.02. The molecule has 0 aliphatic carbocycles. The van der Waals surface area contributed by atoms with Crippen LogP contribution in [0.5, 0.6) is 11.5 Å². The van der Waals surface area contributed by atoms with Gasteiger partial charge in [-0.1, -0.05) is 6.07 Å². The summed E-state index contributed by atoms with van der Waals surface area (Å²) in [5, 5.41) is 2.73. The highest BCUT2D eigenvalue weighted by molar-refractivity contribution is 7.18. The molecule has 0 aliphatic rings. The zero-order valence-corrected chi connectivity index (χ0v) is 17.8. The molecule has 0 saturated heterocycles. The molecule has 0 fully saturated rings. The Labute approximate surface area is 181 Å². The van der Waals surface area contributed by atoms with Crippen LogP contribution < -0.4 is 20.5 Å². The summed E-state index contributed by atoms with van der Waals surface area (Å²) in [6.45, 7) is 1.65. The number of carbonyl (C=O) groups excluding carboxylic acids is 3. The summed E-state index contributed by atoms with van der Waals surface area (Å²) in [6.07, 6.45) is 0. The number of benzene rings is 1. The Bertz CT molecular complexity index is 1130. The van der Waals surface area contributed by atoms with E-state index in [1.165, 1.54) is 13.2 Å². The summed E-state index contributed by atoms with van der Waals surface area (Å²) in [5.41, 5.74) is 5.76. The summed E-state index contributed by atoms with van der Waals surface area (Å²) >= 11 is 0.893. The Morgan fingerprint density at radius 3 is 2.55 bits per heavy atom. The van der Waals surface area contributed by atoms with E-state index in [4.69, 9.17) is 24.4 Å². The second-order valence-corrected chi connectivity index (χ2v) is 7.32. The average Bonchev–Trinajstić information content (AvgIpc) is 3.36. The van der Waals surface area contributed by atoms with Crippen molar-refractivity contribution in [3.63, 3.8) is 0 Å². The van der Waals surface area contributed by atoms with Crippen LogP contribution >= 0.6 is 11.3 Å². The number of hydrogen-bond acceptors (Lipinski definition) is 8. The second-order valence-electron chi connectivity index (χ2n) is 6.30. The molecule has 0 bridgehead atoms. The zero-order valence-electron chi connectivity index (χ0n) is 17.0. The first-order chi connectivity index (χ1) is 14.8. The zero-order chi connectivity index (χ0) is 22.5. The van der Waals surface area contributed by atoms with E-state index in [9.17, 15) is 14.4 Å². The van der Waals surface area contributed by atoms with Crippen molar-refractivity contribution < 1.29 is 33.0 Å². The smallest absolute Gasteiger partial charge is 0.341 e. The van der Waals surface area contributed by atoms with Crippen molar-refractivity contribution in [2.75, 3.05) is 19.5 Å². The van der Waals surface area contributed by atoms with Crippen LogP contribution in [0.4, 0.5) is 5.00 Å². The summed E-state index contributed by atoms with van der Waals surface area (Å²) in [7, 11) is 2.76. The maximum absolute atomic E-state index is 12.6. The molecule has 162 valence electrons. The molecule has 0 radical (unpaired) electrons. The second kappa shape index (κ2) is 9.35. The Morgan fingerprint density at radius 2 is 1.87 bits per heavy atom. The number of esters is 1. The summed E-state index contributed by atoms with van der Waals surface area (Å²) in [4.78, 5) is 36.5. The van der Waals surface area contributed by atoms with Crippen LogP contribution in [0.25, 0.3) is 0 Å². The van der Waals surface area contributed by atoms with Gasteiger partial charge in [0.05, 0.1) is 24.7 Å². The number of anilines is 1. The molecule has 0 atom stereocenters. The summed E-state index contributed by atoms with van der Waals surface area (Å²) < 4.78 is 21.1. The lowest BCUT2D eigenvalue weighted by molar-refractivity contribution is 0.0601. The highest BCUT2D eigenvalue weighted by Gasteiger charge is 2.26. The number of methoxy groups -OCH3 is 2. The molecule has 31 heavy (non-hydrogen) atoms. The van der Waals surface area contributed by atoms with Crippen LogP contribution in [0.15, 0.2) is 40.8 Å². The van der Waals surface area contributed by atoms with Gasteiger partial charge in [-0.05, 0) is 36.8 Å². The summed E-state index contributed by atoms with van der Waals surface area (Å²) in [5.74, 6) is -0.341. The summed E-state index contributed by atoms with van der Waals surface area (Å²) in [6, 6.07) is 10.2. The van der Waals surface area contributed by atoms with Gasteiger partial charge in [-0.3, -0.25) is 9.59 Å². The Kier molecular flexibility index (Phi) is 6.61. The molecule has 0 aliphatic heterocycles. The van der Waals surface area contributed by atoms with Crippen LogP contribution in [0.3, 0.4) is 0 Å². The molecular weight excluding hydrogens is 424 g/mol. The number of nitrogens with one attached hydrogen (secondary N) is 1. The van der Waals surface area contributed by atoms with Gasteiger partial charge in [-0.15, -0.1) is 11.3 Å². The van der Waals surface area contributed by atoms with Gasteiger partial charge in [-0.2, -0.15) is 0 Å². The van der Waals surface area contributed by atoms with Crippen molar-refractivity contribution in [3.8, 4) is 11.5 Å². The quantitative estimate of drug-likeness (QED) is 0.509. The SMILES string of the molecule is COC(=O)c1c(NC(=O)c2ccc(COc3cccc(OC)c3)o2)sc(C(N)=O)c1C. The molecule has 2 heterocycles. The predicted octanol–water partition coefficient (Wildman–Crippen LogP) is 3.37. The van der Waals surface area contributed by atoms with E-state index in [0.717, 1.165) is 11.3 Å². The van der Waals surface area contributed by atoms with Gasteiger partial charge < -0.3 is 29.7 Å². The molecule has 2 amide bonds. The number of ether oxygens (including phenoxy) is 3. The first kappa shape index (κ1) is 21.9. The topological polar surface area (TPSA) is 130 Å². The monoisotopic (exact) mass is 444 g/mol. The fourth-order valence-corrected chi connectivity index (χ4v) is 3.81. The lowest BCUT2D eigenvalue weighted by Gasteiger charge is -2.06. The molecule has 3 rings (SSSR count). The fourth-order valence-electron chi connectivity index (χ4n) is 2.77. The van der Waals surface area contributed by atoms with Crippen molar-refractivity contribution in [2.45, 2.75) is 13.5 Å². The highest BCUT2D eigenvalue weighted by Crippen LogP contribution is 2.34. The third kappa shape index (κ3) is 4.86. The van der Waals surface area contributed by atoms with Crippen LogP contribution in [0.2, 0.25) is 0 Å². The van der Waals surface area contributed by atoms with Crippen molar-refractivity contribution in [3.05, 3.63) is 63.9 Å². The van der Waals surface area contributed by atoms with E-state index in [-0.39, 0.29) is 27.8 Å². The Morgan fingerprint density at radius 1 is 1.13 bits per heavy atom. The highest BCUT2D eigenvalue weighted by atomic mass is 32.1. The molecule has 1 aromatic carbocycles. The van der Waals surface area contributed by atoms with Gasteiger partial charge in [0.15, 0.2) is 5.76 Å². The number of nitrogens with two attached hydrogens (primary N) is 1. The molecule has 9 nitrogen and oxygen atoms in total. The largest absolute Gasteiger partial charge is 0.497 e. The Hall–Kier alpha value is -3.79. The number of thiophene rings is 1. The van der Waals surface area contributed by atoms with Crippen molar-refractivity contribution in [1.29, 1.82) is 0 Å². The fraction of sp³-hybridized carbons (Fsp3) is 0.190. The van der Waals surface area contributed by atoms with Gasteiger partial charge in [-0.25, -0.2) is 4.79 Å². The number of rotatable bonds is 8. The average molecular weight is 444 g/mol. The molecule has 0 spiro atoms. The van der Waals surface area contributed by atoms with Crippen LogP contribution in [-0.2, 0) is 11.3 Å². The van der Waals surface area contributed by atoms with Gasteiger partial charge in [0, 0.05) is 6.07 Å². The van der Waals surface area contributed by atoms with E-state index in [0.29, 0.717) is 22.8 Å². The minimum absolute atomic E-state index is 0.00624. The number of carbonyl (C=O) groups is 3. The maximum atomic E-state index is 12.6. The molecular formula is C21H20N2O7S. The molecule has 2 aromatic heterocycles. The number of primary amides is 1. The Balaban J connectivity index is 1.73. The van der Waals surface area contributed by atoms with Gasteiger partial charge in [0.25, 0.3) is 11.8 Å². The number of furan rings is 1. The minimum Gasteiger partial charge on any atom is -0.497 e. The van der Waals surface area contributed by atoms with E-state index in [2.05, 4.69) is 5.32 Å². The normalized spacial score (nSPS) is 10.4. The van der Waals surface area contributed by atoms with E-state index >= 15 is 0 Å². The number of amides is 2. The molecule has 0 unspecified atom stereocenters. The lowest BCUT2D eigenvalue weighted by Crippen LogP contribution is -2.14. The molecule has 3 N–H and O–H groups in total. The molecule has 10 heteroatoms. The van der Waals surface area contributed by atoms with Crippen LogP contribution in [-0.4, -0.2) is 32.0 Å². The molecule has 0 saturated carbocycles. The van der Waals surface area contributed by atoms with Crippen molar-refractivity contribution in [1.82, 2.24) is 0 Å². The molecule has 3 aromatic rings. The van der Waals surface area contributed by atoms with Gasteiger partial charge in [0.2, 0.25) is 0 Å². The predicted molar refractivity (Wildman–Crippen MR) is 113 cm³/mol. The van der Waals surface area contributed by atoms with Crippen molar-refractivity contribution >= 4 is 34.1 Å². The minimum atomic E-state index is -0.705. The third-order valence-electron chi connectivity index (χ3n) is 4.29.